The van der Waals surface area contributed by atoms with Crippen molar-refractivity contribution in [1.29, 1.82) is 0 Å². The number of carbonyl (C=O) groups excluding carboxylic acids is 1. The lowest BCUT2D eigenvalue weighted by molar-refractivity contribution is 0.0626. The summed E-state index contributed by atoms with van der Waals surface area (Å²) in [6, 6.07) is 0. The van der Waals surface area contributed by atoms with Crippen LogP contribution in [0.1, 0.15) is 34.1 Å². The molecule has 2 N–H and O–H groups in total. The van der Waals surface area contributed by atoms with Crippen molar-refractivity contribution in [2.75, 3.05) is 19.7 Å². The lowest BCUT2D eigenvalue weighted by Gasteiger charge is -2.38. The molecule has 0 fully saturated rings. The van der Waals surface area contributed by atoms with Gasteiger partial charge in [-0.15, -0.1) is 0 Å². The minimum atomic E-state index is -0.291. The van der Waals surface area contributed by atoms with E-state index in [0.29, 0.717) is 19.7 Å². The number of ether oxygens (including phenoxy) is 1. The summed E-state index contributed by atoms with van der Waals surface area (Å²) in [4.78, 5) is 13.3. The number of likely N-dealkylation sites (N-methyl/N-ethyl adjacent to an activating group) is 1. The molecule has 0 aromatic rings. The molecule has 0 saturated heterocycles. The number of nitrogens with zero attached hydrogens (tertiary/aromatic N) is 1. The van der Waals surface area contributed by atoms with Gasteiger partial charge in [0.2, 0.25) is 0 Å². The van der Waals surface area contributed by atoms with Crippen LogP contribution in [0.2, 0.25) is 0 Å². The Morgan fingerprint density at radius 3 is 2.29 bits per heavy atom. The molecule has 0 aliphatic rings. The second-order valence-electron chi connectivity index (χ2n) is 3.50. The summed E-state index contributed by atoms with van der Waals surface area (Å²) in [5.41, 5.74) is 5.39. The molecule has 84 valence electrons. The van der Waals surface area contributed by atoms with Gasteiger partial charge in [0, 0.05) is 13.1 Å². The zero-order valence-corrected chi connectivity index (χ0v) is 9.67. The van der Waals surface area contributed by atoms with Gasteiger partial charge >= 0.3 is 6.09 Å². The fourth-order valence-electron chi connectivity index (χ4n) is 1.38. The van der Waals surface area contributed by atoms with Crippen LogP contribution in [0.5, 0.6) is 0 Å². The van der Waals surface area contributed by atoms with Crippen LogP contribution in [-0.4, -0.2) is 36.2 Å². The number of hydrogen-bond donors (Lipinski definition) is 1. The van der Waals surface area contributed by atoms with Crippen molar-refractivity contribution >= 4 is 6.09 Å². The highest BCUT2D eigenvalue weighted by atomic mass is 16.6. The van der Waals surface area contributed by atoms with Gasteiger partial charge in [0.25, 0.3) is 0 Å². The van der Waals surface area contributed by atoms with E-state index in [4.69, 9.17) is 10.5 Å². The van der Waals surface area contributed by atoms with Crippen LogP contribution in [0.15, 0.2) is 0 Å². The van der Waals surface area contributed by atoms with Gasteiger partial charge in [-0.2, -0.15) is 0 Å². The van der Waals surface area contributed by atoms with Crippen molar-refractivity contribution in [2.24, 2.45) is 5.73 Å². The molecule has 1 atom stereocenters. The highest BCUT2D eigenvalue weighted by molar-refractivity contribution is 5.68. The minimum absolute atomic E-state index is 0.273. The third-order valence-electron chi connectivity index (χ3n) is 2.66. The van der Waals surface area contributed by atoms with Crippen LogP contribution in [0.4, 0.5) is 4.79 Å². The topological polar surface area (TPSA) is 55.6 Å². The Balaban J connectivity index is 4.59. The second kappa shape index (κ2) is 5.86. The number of rotatable bonds is 5. The number of carbonyl (C=O) groups is 1. The molecule has 0 radical (unpaired) electrons. The Labute approximate surface area is 86.4 Å². The summed E-state index contributed by atoms with van der Waals surface area (Å²) >= 11 is 0. The molecule has 0 aromatic carbocycles. The first-order valence-electron chi connectivity index (χ1n) is 5.20. The maximum atomic E-state index is 11.6. The molecule has 14 heavy (non-hydrogen) atoms. The van der Waals surface area contributed by atoms with Crippen molar-refractivity contribution < 1.29 is 9.53 Å². The van der Waals surface area contributed by atoms with Crippen LogP contribution in [-0.2, 0) is 4.74 Å². The number of hydrogen-bond acceptors (Lipinski definition) is 3. The average Bonchev–Trinajstić information content (AvgIpc) is 2.19. The van der Waals surface area contributed by atoms with Crippen LogP contribution in [0.25, 0.3) is 0 Å². The zero-order valence-electron chi connectivity index (χ0n) is 9.67. The largest absolute Gasteiger partial charge is 0.450 e. The molecule has 0 saturated carbocycles. The smallest absolute Gasteiger partial charge is 0.410 e. The number of nitrogens with two attached hydrogens (primary N) is 1. The molecule has 0 heterocycles. The lowest BCUT2D eigenvalue weighted by atomic mass is 9.97. The molecule has 0 spiro atoms. The molecule has 4 heteroatoms. The Kier molecular flexibility index (Phi) is 5.53. The standard InChI is InChI=1S/C10H22N2O2/c1-5-10(4,8-11)12(6-2)9(13)14-7-3/h5-8,11H2,1-4H3. The van der Waals surface area contributed by atoms with Gasteiger partial charge in [-0.3, -0.25) is 0 Å². The molecule has 0 aromatic heterocycles. The molecule has 0 bridgehead atoms. The van der Waals surface area contributed by atoms with E-state index in [1.807, 2.05) is 20.8 Å². The molecular formula is C10H22N2O2. The first-order chi connectivity index (χ1) is 6.55. The Bertz CT molecular complexity index is 179. The van der Waals surface area contributed by atoms with E-state index in [-0.39, 0.29) is 11.6 Å². The SMILES string of the molecule is CCOC(=O)N(CC)C(C)(CC)CN. The Hall–Kier alpha value is -0.770. The monoisotopic (exact) mass is 202 g/mol. The van der Waals surface area contributed by atoms with Crippen molar-refractivity contribution in [1.82, 2.24) is 4.90 Å². The molecular weight excluding hydrogens is 180 g/mol. The third kappa shape index (κ3) is 2.87. The summed E-state index contributed by atoms with van der Waals surface area (Å²) in [6.45, 7) is 9.22. The maximum absolute atomic E-state index is 11.6. The van der Waals surface area contributed by atoms with E-state index in [1.165, 1.54) is 0 Å². The number of amides is 1. The summed E-state index contributed by atoms with van der Waals surface area (Å²) in [6.07, 6.45) is 0.556. The summed E-state index contributed by atoms with van der Waals surface area (Å²) in [5, 5.41) is 0. The fourth-order valence-corrected chi connectivity index (χ4v) is 1.38. The quantitative estimate of drug-likeness (QED) is 0.736. The van der Waals surface area contributed by atoms with Crippen molar-refractivity contribution in [2.45, 2.75) is 39.7 Å². The third-order valence-corrected chi connectivity index (χ3v) is 2.66. The van der Waals surface area contributed by atoms with E-state index in [0.717, 1.165) is 6.42 Å². The molecule has 1 amide bonds. The fraction of sp³-hybridized carbons (Fsp3) is 0.900. The van der Waals surface area contributed by atoms with Gasteiger partial charge in [-0.25, -0.2) is 4.79 Å². The van der Waals surface area contributed by atoms with E-state index in [1.54, 1.807) is 11.8 Å². The predicted molar refractivity (Wildman–Crippen MR) is 57.2 cm³/mol. The van der Waals surface area contributed by atoms with Crippen LogP contribution in [0.3, 0.4) is 0 Å². The Morgan fingerprint density at radius 1 is 1.43 bits per heavy atom. The van der Waals surface area contributed by atoms with Gasteiger partial charge in [0.15, 0.2) is 0 Å². The van der Waals surface area contributed by atoms with Gasteiger partial charge in [0.05, 0.1) is 12.1 Å². The maximum Gasteiger partial charge on any atom is 0.410 e. The Morgan fingerprint density at radius 2 is 2.00 bits per heavy atom. The van der Waals surface area contributed by atoms with Crippen molar-refractivity contribution in [3.05, 3.63) is 0 Å². The first-order valence-corrected chi connectivity index (χ1v) is 5.20. The van der Waals surface area contributed by atoms with Gasteiger partial charge < -0.3 is 15.4 Å². The normalized spacial score (nSPS) is 14.6. The van der Waals surface area contributed by atoms with Crippen LogP contribution < -0.4 is 5.73 Å². The highest BCUT2D eigenvalue weighted by Crippen LogP contribution is 2.18. The average molecular weight is 202 g/mol. The van der Waals surface area contributed by atoms with E-state index >= 15 is 0 Å². The lowest BCUT2D eigenvalue weighted by Crippen LogP contribution is -2.54. The molecule has 0 aliphatic carbocycles. The first kappa shape index (κ1) is 13.2. The van der Waals surface area contributed by atoms with Gasteiger partial charge in [0.1, 0.15) is 0 Å². The van der Waals surface area contributed by atoms with Gasteiger partial charge in [-0.1, -0.05) is 6.92 Å². The summed E-state index contributed by atoms with van der Waals surface area (Å²) in [7, 11) is 0. The van der Waals surface area contributed by atoms with Gasteiger partial charge in [-0.05, 0) is 27.2 Å². The van der Waals surface area contributed by atoms with E-state index in [2.05, 4.69) is 0 Å². The second-order valence-corrected chi connectivity index (χ2v) is 3.50. The van der Waals surface area contributed by atoms with E-state index in [9.17, 15) is 4.79 Å². The minimum Gasteiger partial charge on any atom is -0.450 e. The summed E-state index contributed by atoms with van der Waals surface area (Å²) in [5.74, 6) is 0. The molecule has 1 unspecified atom stereocenters. The van der Waals surface area contributed by atoms with E-state index < -0.39 is 0 Å². The molecule has 0 aliphatic heterocycles. The van der Waals surface area contributed by atoms with Crippen molar-refractivity contribution in [3.63, 3.8) is 0 Å². The summed E-state index contributed by atoms with van der Waals surface area (Å²) < 4.78 is 4.98. The highest BCUT2D eigenvalue weighted by Gasteiger charge is 2.32. The predicted octanol–water partition coefficient (Wildman–Crippen LogP) is 1.59. The zero-order chi connectivity index (χ0) is 11.2. The van der Waals surface area contributed by atoms with Crippen molar-refractivity contribution in [3.8, 4) is 0 Å². The van der Waals surface area contributed by atoms with Crippen LogP contribution >= 0.6 is 0 Å². The van der Waals surface area contributed by atoms with Crippen LogP contribution in [0, 0.1) is 0 Å². The molecule has 0 rings (SSSR count). The molecule has 4 nitrogen and oxygen atoms in total.